The van der Waals surface area contributed by atoms with Gasteiger partial charge >= 0.3 is 0 Å². The molecule has 2 heterocycles. The number of nitrogens with zero attached hydrogens (tertiary/aromatic N) is 3. The van der Waals surface area contributed by atoms with Crippen LogP contribution < -0.4 is 10.9 Å². The number of carbonyl (C=O) groups is 1. The number of fused-ring (bicyclic) bond motifs is 1. The Morgan fingerprint density at radius 3 is 2.65 bits per heavy atom. The molecule has 6 nitrogen and oxygen atoms in total. The van der Waals surface area contributed by atoms with E-state index >= 15 is 0 Å². The molecule has 0 aliphatic carbocycles. The van der Waals surface area contributed by atoms with E-state index in [1.54, 1.807) is 25.2 Å². The van der Waals surface area contributed by atoms with Gasteiger partial charge in [-0.25, -0.2) is 9.07 Å². The molecule has 0 unspecified atom stereocenters. The van der Waals surface area contributed by atoms with E-state index in [1.807, 2.05) is 6.92 Å². The summed E-state index contributed by atoms with van der Waals surface area (Å²) in [5.74, 6) is -0.811. The number of halogens is 3. The van der Waals surface area contributed by atoms with Crippen molar-refractivity contribution in [3.63, 3.8) is 0 Å². The van der Waals surface area contributed by atoms with E-state index in [0.29, 0.717) is 16.8 Å². The first kappa shape index (κ1) is 21.3. The lowest BCUT2D eigenvalue weighted by Crippen LogP contribution is -2.65. The van der Waals surface area contributed by atoms with Gasteiger partial charge in [0.2, 0.25) is 5.91 Å². The van der Waals surface area contributed by atoms with Crippen molar-refractivity contribution in [2.45, 2.75) is 12.5 Å². The number of hydrogen-bond donors (Lipinski definition) is 1. The summed E-state index contributed by atoms with van der Waals surface area (Å²) in [7, 11) is 1.59. The van der Waals surface area contributed by atoms with E-state index in [1.165, 1.54) is 27.8 Å². The summed E-state index contributed by atoms with van der Waals surface area (Å²) in [6.07, 6.45) is 1.20. The first-order valence-electron chi connectivity index (χ1n) is 9.48. The van der Waals surface area contributed by atoms with Gasteiger partial charge in [-0.3, -0.25) is 9.59 Å². The Kier molecular flexibility index (Phi) is 5.27. The molecule has 1 fully saturated rings. The fourth-order valence-electron chi connectivity index (χ4n) is 4.05. The van der Waals surface area contributed by atoms with Gasteiger partial charge in [-0.15, -0.1) is 0 Å². The van der Waals surface area contributed by atoms with Crippen molar-refractivity contribution in [3.05, 3.63) is 80.5 Å². The Balaban J connectivity index is 1.83. The molecule has 2 aromatic carbocycles. The Hall–Kier alpha value is -2.90. The van der Waals surface area contributed by atoms with Crippen LogP contribution in [0.25, 0.3) is 10.8 Å². The van der Waals surface area contributed by atoms with Crippen LogP contribution in [-0.2, 0) is 17.4 Å². The van der Waals surface area contributed by atoms with Crippen LogP contribution >= 0.6 is 23.2 Å². The molecule has 1 aromatic heterocycles. The van der Waals surface area contributed by atoms with E-state index in [-0.39, 0.29) is 40.2 Å². The van der Waals surface area contributed by atoms with E-state index in [2.05, 4.69) is 17.0 Å². The van der Waals surface area contributed by atoms with Crippen LogP contribution in [0.2, 0.25) is 10.0 Å². The molecule has 0 bridgehead atoms. The summed E-state index contributed by atoms with van der Waals surface area (Å²) in [5, 5.41) is 9.00. The third kappa shape index (κ3) is 3.47. The third-order valence-electron chi connectivity index (χ3n) is 5.55. The van der Waals surface area contributed by atoms with Crippen molar-refractivity contribution in [2.24, 2.45) is 7.05 Å². The van der Waals surface area contributed by atoms with Crippen LogP contribution in [0.3, 0.4) is 0 Å². The average Bonchev–Trinajstić information content (AvgIpc) is 2.71. The monoisotopic (exact) mass is 460 g/mol. The van der Waals surface area contributed by atoms with E-state index in [4.69, 9.17) is 23.2 Å². The largest absolute Gasteiger partial charge is 0.372 e. The molecule has 4 rings (SSSR count). The number of nitrogens with one attached hydrogen (secondary N) is 1. The van der Waals surface area contributed by atoms with Gasteiger partial charge < -0.3 is 10.2 Å². The molecular formula is C22H19Cl2FN4O2. The van der Waals surface area contributed by atoms with Gasteiger partial charge in [-0.1, -0.05) is 35.8 Å². The molecule has 1 aliphatic heterocycles. The molecule has 0 spiro atoms. The van der Waals surface area contributed by atoms with Crippen molar-refractivity contribution in [2.75, 3.05) is 18.4 Å². The van der Waals surface area contributed by atoms with Crippen LogP contribution in [-0.4, -0.2) is 33.7 Å². The zero-order valence-corrected chi connectivity index (χ0v) is 18.4. The molecule has 160 valence electrons. The smallest absolute Gasteiger partial charge is 0.274 e. The zero-order chi connectivity index (χ0) is 22.5. The maximum absolute atomic E-state index is 14.9. The number of likely N-dealkylation sites (tertiary alicyclic amines) is 1. The average molecular weight is 461 g/mol. The van der Waals surface area contributed by atoms with Gasteiger partial charge in [0.15, 0.2) is 0 Å². The quantitative estimate of drug-likeness (QED) is 0.471. The van der Waals surface area contributed by atoms with E-state index in [9.17, 15) is 14.0 Å². The second kappa shape index (κ2) is 7.66. The molecular weight excluding hydrogens is 442 g/mol. The highest BCUT2D eigenvalue weighted by atomic mass is 35.5. The Morgan fingerprint density at radius 1 is 1.26 bits per heavy atom. The standard InChI is InChI=1S/C22H19Cl2FN4O2/c1-4-18(30)29-10-22(11-29,19-17(25)8-7-16(23)20(19)24)26-13-5-6-14-12(2)27-28(3)21(31)15(14)9-13/h4-9,26H,1,10-11H2,2-3H3. The lowest BCUT2D eigenvalue weighted by Gasteiger charge is -2.51. The molecule has 1 amide bonds. The molecule has 0 atom stereocenters. The molecule has 1 aliphatic rings. The summed E-state index contributed by atoms with van der Waals surface area (Å²) in [6, 6.07) is 7.90. The number of aryl methyl sites for hydroxylation is 2. The normalized spacial score (nSPS) is 14.9. The van der Waals surface area contributed by atoms with Crippen molar-refractivity contribution >= 4 is 45.6 Å². The van der Waals surface area contributed by atoms with Crippen LogP contribution in [0.5, 0.6) is 0 Å². The number of aromatic nitrogens is 2. The molecule has 3 aromatic rings. The Bertz CT molecular complexity index is 1300. The Morgan fingerprint density at radius 2 is 1.97 bits per heavy atom. The predicted octanol–water partition coefficient (Wildman–Crippen LogP) is 4.02. The molecule has 1 N–H and O–H groups in total. The number of hydrogen-bond acceptors (Lipinski definition) is 4. The van der Waals surface area contributed by atoms with Gasteiger partial charge in [0, 0.05) is 23.7 Å². The number of rotatable bonds is 4. The SMILES string of the molecule is C=CC(=O)N1CC(Nc2ccc3c(C)nn(C)c(=O)c3c2)(c2c(F)ccc(Cl)c2Cl)C1. The van der Waals surface area contributed by atoms with E-state index in [0.717, 1.165) is 5.39 Å². The maximum Gasteiger partial charge on any atom is 0.274 e. The van der Waals surface area contributed by atoms with Crippen molar-refractivity contribution in [1.82, 2.24) is 14.7 Å². The van der Waals surface area contributed by atoms with Crippen LogP contribution in [0.4, 0.5) is 10.1 Å². The van der Waals surface area contributed by atoms with Gasteiger partial charge in [-0.05, 0) is 37.3 Å². The topological polar surface area (TPSA) is 67.2 Å². The molecule has 0 saturated carbocycles. The van der Waals surface area contributed by atoms with Gasteiger partial charge in [0.25, 0.3) is 5.56 Å². The van der Waals surface area contributed by atoms with Gasteiger partial charge in [-0.2, -0.15) is 5.10 Å². The zero-order valence-electron chi connectivity index (χ0n) is 16.9. The first-order chi connectivity index (χ1) is 14.7. The number of carbonyl (C=O) groups excluding carboxylic acids is 1. The highest BCUT2D eigenvalue weighted by molar-refractivity contribution is 6.42. The molecule has 0 radical (unpaired) electrons. The van der Waals surface area contributed by atoms with Crippen LogP contribution in [0, 0.1) is 12.7 Å². The molecule has 9 heteroatoms. The highest BCUT2D eigenvalue weighted by Crippen LogP contribution is 2.43. The van der Waals surface area contributed by atoms with Crippen molar-refractivity contribution < 1.29 is 9.18 Å². The van der Waals surface area contributed by atoms with Crippen molar-refractivity contribution in [3.8, 4) is 0 Å². The lowest BCUT2D eigenvalue weighted by atomic mass is 9.81. The van der Waals surface area contributed by atoms with Crippen molar-refractivity contribution in [1.29, 1.82) is 0 Å². The van der Waals surface area contributed by atoms with Gasteiger partial charge in [0.05, 0.1) is 34.2 Å². The fourth-order valence-corrected chi connectivity index (χ4v) is 4.54. The predicted molar refractivity (Wildman–Crippen MR) is 120 cm³/mol. The second-order valence-corrected chi connectivity index (χ2v) is 8.38. The minimum Gasteiger partial charge on any atom is -0.372 e. The van der Waals surface area contributed by atoms with Crippen LogP contribution in [0.1, 0.15) is 11.3 Å². The van der Waals surface area contributed by atoms with Gasteiger partial charge in [0.1, 0.15) is 11.4 Å². The third-order valence-corrected chi connectivity index (χ3v) is 6.35. The summed E-state index contributed by atoms with van der Waals surface area (Å²) < 4.78 is 16.2. The number of benzene rings is 2. The minimum atomic E-state index is -1.02. The Labute approximate surface area is 187 Å². The first-order valence-corrected chi connectivity index (χ1v) is 10.2. The maximum atomic E-state index is 14.9. The summed E-state index contributed by atoms with van der Waals surface area (Å²) in [5.41, 5.74) is 0.201. The highest BCUT2D eigenvalue weighted by Gasteiger charge is 2.49. The van der Waals surface area contributed by atoms with Crippen LogP contribution in [0.15, 0.2) is 47.8 Å². The molecule has 1 saturated heterocycles. The minimum absolute atomic E-state index is 0.0802. The second-order valence-electron chi connectivity index (χ2n) is 7.60. The lowest BCUT2D eigenvalue weighted by molar-refractivity contribution is -0.132. The number of amides is 1. The summed E-state index contributed by atoms with van der Waals surface area (Å²) in [4.78, 5) is 26.2. The number of anilines is 1. The van der Waals surface area contributed by atoms with E-state index < -0.39 is 11.4 Å². The fraction of sp³-hybridized carbons (Fsp3) is 0.227. The summed E-state index contributed by atoms with van der Waals surface area (Å²) in [6.45, 7) is 5.63. The summed E-state index contributed by atoms with van der Waals surface area (Å²) >= 11 is 12.5. The molecule has 31 heavy (non-hydrogen) atoms.